The Bertz CT molecular complexity index is 260. The summed E-state index contributed by atoms with van der Waals surface area (Å²) in [6, 6.07) is 0.736. The Hall–Kier alpha value is -0.0800. The van der Waals surface area contributed by atoms with Crippen molar-refractivity contribution in [2.24, 2.45) is 17.3 Å². The molecule has 1 saturated heterocycles. The zero-order valence-corrected chi connectivity index (χ0v) is 11.5. The molecule has 98 valence electrons. The van der Waals surface area contributed by atoms with Gasteiger partial charge in [-0.15, -0.1) is 0 Å². The molecule has 0 aromatic rings. The molecule has 2 aliphatic carbocycles. The van der Waals surface area contributed by atoms with Crippen molar-refractivity contribution in [3.8, 4) is 0 Å². The zero-order valence-electron chi connectivity index (χ0n) is 11.5. The van der Waals surface area contributed by atoms with Gasteiger partial charge < -0.3 is 10.2 Å². The maximum atomic E-state index is 3.87. The molecular weight excluding hydrogens is 208 g/mol. The lowest BCUT2D eigenvalue weighted by Crippen LogP contribution is -2.42. The fourth-order valence-corrected chi connectivity index (χ4v) is 3.65. The van der Waals surface area contributed by atoms with Crippen LogP contribution in [-0.4, -0.2) is 37.6 Å². The zero-order chi connectivity index (χ0) is 11.9. The van der Waals surface area contributed by atoms with Gasteiger partial charge in [-0.25, -0.2) is 0 Å². The fourth-order valence-electron chi connectivity index (χ4n) is 3.65. The standard InChI is InChI=1S/C15H28N2/c1-12(13-5-9-17(2)10-6-13)16-11-15(7-8-15)14-3-4-14/h12-14,16H,3-11H2,1-2H3. The van der Waals surface area contributed by atoms with Gasteiger partial charge in [-0.3, -0.25) is 0 Å². The van der Waals surface area contributed by atoms with Crippen molar-refractivity contribution in [1.29, 1.82) is 0 Å². The molecule has 1 unspecified atom stereocenters. The van der Waals surface area contributed by atoms with E-state index in [1.165, 1.54) is 58.2 Å². The average molecular weight is 236 g/mol. The van der Waals surface area contributed by atoms with Crippen molar-refractivity contribution < 1.29 is 0 Å². The molecule has 0 amide bonds. The molecule has 0 radical (unpaired) electrons. The Morgan fingerprint density at radius 2 is 1.82 bits per heavy atom. The molecular formula is C15H28N2. The molecule has 1 N–H and O–H groups in total. The molecule has 0 aromatic carbocycles. The first-order valence-electron chi connectivity index (χ1n) is 7.61. The maximum absolute atomic E-state index is 3.87. The van der Waals surface area contributed by atoms with Crippen LogP contribution < -0.4 is 5.32 Å². The van der Waals surface area contributed by atoms with Crippen LogP contribution >= 0.6 is 0 Å². The van der Waals surface area contributed by atoms with Gasteiger partial charge in [0.2, 0.25) is 0 Å². The third kappa shape index (κ3) is 2.68. The predicted octanol–water partition coefficient (Wildman–Crippen LogP) is 2.50. The smallest absolute Gasteiger partial charge is 0.00681 e. The van der Waals surface area contributed by atoms with Crippen molar-refractivity contribution >= 4 is 0 Å². The van der Waals surface area contributed by atoms with Gasteiger partial charge in [0.05, 0.1) is 0 Å². The van der Waals surface area contributed by atoms with Gasteiger partial charge >= 0.3 is 0 Å². The summed E-state index contributed by atoms with van der Waals surface area (Å²) in [5.41, 5.74) is 0.764. The third-order valence-corrected chi connectivity index (χ3v) is 5.58. The molecule has 0 spiro atoms. The summed E-state index contributed by atoms with van der Waals surface area (Å²) in [6.07, 6.45) is 8.83. The van der Waals surface area contributed by atoms with Crippen molar-refractivity contribution in [3.05, 3.63) is 0 Å². The summed E-state index contributed by atoms with van der Waals surface area (Å²) in [5.74, 6) is 2.01. The second kappa shape index (κ2) is 4.55. The van der Waals surface area contributed by atoms with E-state index in [0.29, 0.717) is 0 Å². The molecule has 0 bridgehead atoms. The Balaban J connectivity index is 1.42. The van der Waals surface area contributed by atoms with Crippen molar-refractivity contribution in [3.63, 3.8) is 0 Å². The van der Waals surface area contributed by atoms with Crippen LogP contribution in [0.3, 0.4) is 0 Å². The van der Waals surface area contributed by atoms with Crippen LogP contribution in [0.5, 0.6) is 0 Å². The molecule has 0 aromatic heterocycles. The number of piperidine rings is 1. The van der Waals surface area contributed by atoms with E-state index in [1.54, 1.807) is 0 Å². The minimum Gasteiger partial charge on any atom is -0.313 e. The van der Waals surface area contributed by atoms with Gasteiger partial charge in [0.25, 0.3) is 0 Å². The van der Waals surface area contributed by atoms with Gasteiger partial charge in [0, 0.05) is 12.6 Å². The first-order valence-corrected chi connectivity index (χ1v) is 7.61. The third-order valence-electron chi connectivity index (χ3n) is 5.58. The summed E-state index contributed by atoms with van der Waals surface area (Å²) < 4.78 is 0. The van der Waals surface area contributed by atoms with Crippen molar-refractivity contribution in [2.75, 3.05) is 26.7 Å². The number of likely N-dealkylation sites (tertiary alicyclic amines) is 1. The van der Waals surface area contributed by atoms with E-state index >= 15 is 0 Å². The van der Waals surface area contributed by atoms with Crippen LogP contribution in [0.4, 0.5) is 0 Å². The van der Waals surface area contributed by atoms with Crippen LogP contribution in [0.1, 0.15) is 45.4 Å². The first-order chi connectivity index (χ1) is 8.20. The first kappa shape index (κ1) is 12.0. The highest BCUT2D eigenvalue weighted by atomic mass is 15.1. The largest absolute Gasteiger partial charge is 0.313 e. The Labute approximate surface area is 106 Å². The lowest BCUT2D eigenvalue weighted by Gasteiger charge is -2.34. The predicted molar refractivity (Wildman–Crippen MR) is 72.1 cm³/mol. The molecule has 1 aliphatic heterocycles. The molecule has 17 heavy (non-hydrogen) atoms. The molecule has 2 saturated carbocycles. The van der Waals surface area contributed by atoms with Crippen LogP contribution in [0.15, 0.2) is 0 Å². The number of hydrogen-bond acceptors (Lipinski definition) is 2. The van der Waals surface area contributed by atoms with Gasteiger partial charge in [-0.05, 0) is 82.8 Å². The van der Waals surface area contributed by atoms with Gasteiger partial charge in [0.1, 0.15) is 0 Å². The van der Waals surface area contributed by atoms with Crippen LogP contribution in [0, 0.1) is 17.3 Å². The number of rotatable bonds is 5. The van der Waals surface area contributed by atoms with Gasteiger partial charge in [-0.2, -0.15) is 0 Å². The Morgan fingerprint density at radius 1 is 1.18 bits per heavy atom. The average Bonchev–Trinajstić information content (AvgIpc) is 3.17. The van der Waals surface area contributed by atoms with Crippen LogP contribution in [0.2, 0.25) is 0 Å². The van der Waals surface area contributed by atoms with Crippen molar-refractivity contribution in [2.45, 2.75) is 51.5 Å². The number of nitrogens with one attached hydrogen (secondary N) is 1. The summed E-state index contributed by atoms with van der Waals surface area (Å²) in [4.78, 5) is 2.47. The highest BCUT2D eigenvalue weighted by Crippen LogP contribution is 2.60. The second-order valence-corrected chi connectivity index (χ2v) is 6.95. The molecule has 3 aliphatic rings. The van der Waals surface area contributed by atoms with Crippen LogP contribution in [-0.2, 0) is 0 Å². The summed E-state index contributed by atoms with van der Waals surface area (Å²) >= 11 is 0. The molecule has 3 fully saturated rings. The van der Waals surface area contributed by atoms with Crippen LogP contribution in [0.25, 0.3) is 0 Å². The van der Waals surface area contributed by atoms with E-state index in [-0.39, 0.29) is 0 Å². The molecule has 3 rings (SSSR count). The monoisotopic (exact) mass is 236 g/mol. The lowest BCUT2D eigenvalue weighted by molar-refractivity contribution is 0.185. The van der Waals surface area contributed by atoms with E-state index < -0.39 is 0 Å². The van der Waals surface area contributed by atoms with Gasteiger partial charge in [0.15, 0.2) is 0 Å². The molecule has 2 heteroatoms. The number of hydrogen-bond donors (Lipinski definition) is 1. The Kier molecular flexibility index (Phi) is 3.20. The minimum absolute atomic E-state index is 0.736. The SMILES string of the molecule is CC(NCC1(C2CC2)CC1)C1CCN(C)CC1. The van der Waals surface area contributed by atoms with E-state index in [2.05, 4.69) is 24.2 Å². The summed E-state index contributed by atoms with van der Waals surface area (Å²) in [5, 5.41) is 3.87. The highest BCUT2D eigenvalue weighted by molar-refractivity contribution is 5.05. The van der Waals surface area contributed by atoms with E-state index in [1.807, 2.05) is 0 Å². The molecule has 2 nitrogen and oxygen atoms in total. The Morgan fingerprint density at radius 3 is 2.35 bits per heavy atom. The van der Waals surface area contributed by atoms with E-state index in [9.17, 15) is 0 Å². The topological polar surface area (TPSA) is 15.3 Å². The number of nitrogens with zero attached hydrogens (tertiary/aromatic N) is 1. The fraction of sp³-hybridized carbons (Fsp3) is 1.00. The molecule has 1 heterocycles. The summed E-state index contributed by atoms with van der Waals surface area (Å²) in [7, 11) is 2.25. The quantitative estimate of drug-likeness (QED) is 0.789. The highest BCUT2D eigenvalue weighted by Gasteiger charge is 2.53. The summed E-state index contributed by atoms with van der Waals surface area (Å²) in [6.45, 7) is 6.32. The minimum atomic E-state index is 0.736. The van der Waals surface area contributed by atoms with E-state index in [0.717, 1.165) is 23.3 Å². The second-order valence-electron chi connectivity index (χ2n) is 6.95. The van der Waals surface area contributed by atoms with Crippen molar-refractivity contribution in [1.82, 2.24) is 10.2 Å². The van der Waals surface area contributed by atoms with E-state index in [4.69, 9.17) is 0 Å². The lowest BCUT2D eigenvalue weighted by atomic mass is 9.89. The molecule has 1 atom stereocenters. The maximum Gasteiger partial charge on any atom is 0.00681 e. The van der Waals surface area contributed by atoms with Gasteiger partial charge in [-0.1, -0.05) is 0 Å². The normalized spacial score (nSPS) is 31.4.